The molecule has 2 heterocycles. The highest BCUT2D eigenvalue weighted by Crippen LogP contribution is 2.28. The van der Waals surface area contributed by atoms with Crippen molar-refractivity contribution in [1.29, 1.82) is 0 Å². The number of benzene rings is 1. The van der Waals surface area contributed by atoms with Gasteiger partial charge in [0.25, 0.3) is 0 Å². The zero-order valence-electron chi connectivity index (χ0n) is 11.5. The Labute approximate surface area is 117 Å². The minimum atomic E-state index is -0.277. The van der Waals surface area contributed by atoms with Crippen LogP contribution in [0.3, 0.4) is 0 Å². The minimum Gasteiger partial charge on any atom is -0.340 e. The fraction of sp³-hybridized carbons (Fsp3) is 0.188. The van der Waals surface area contributed by atoms with Crippen LogP contribution in [0.2, 0.25) is 0 Å². The van der Waals surface area contributed by atoms with E-state index in [1.54, 1.807) is 10.5 Å². The summed E-state index contributed by atoms with van der Waals surface area (Å²) in [7, 11) is 0. The molecule has 2 aromatic heterocycles. The van der Waals surface area contributed by atoms with Gasteiger partial charge in [0.2, 0.25) is 0 Å². The largest absolute Gasteiger partial charge is 0.340 e. The molecule has 0 saturated carbocycles. The molecule has 102 valence electrons. The van der Waals surface area contributed by atoms with E-state index in [1.165, 1.54) is 12.3 Å². The van der Waals surface area contributed by atoms with Crippen LogP contribution in [0.5, 0.6) is 0 Å². The Hall–Kier alpha value is -2.36. The predicted octanol–water partition coefficient (Wildman–Crippen LogP) is 4.34. The van der Waals surface area contributed by atoms with Gasteiger partial charge in [-0.2, -0.15) is 0 Å². The summed E-state index contributed by atoms with van der Waals surface area (Å²) in [6.07, 6.45) is 1.46. The molecule has 0 unspecified atom stereocenters. The molecule has 0 spiro atoms. The summed E-state index contributed by atoms with van der Waals surface area (Å²) in [5.74, 6) is 0.797. The lowest BCUT2D eigenvalue weighted by Crippen LogP contribution is -2.00. The second kappa shape index (κ2) is 4.96. The van der Waals surface area contributed by atoms with Gasteiger partial charge in [-0.3, -0.25) is 4.40 Å². The fourth-order valence-corrected chi connectivity index (χ4v) is 2.22. The van der Waals surface area contributed by atoms with Crippen LogP contribution in [0.25, 0.3) is 5.65 Å². The number of rotatable bonds is 3. The van der Waals surface area contributed by atoms with E-state index in [1.807, 2.05) is 30.3 Å². The summed E-state index contributed by atoms with van der Waals surface area (Å²) in [5, 5.41) is 3.34. The number of hydrogen-bond donors (Lipinski definition) is 1. The highest BCUT2D eigenvalue weighted by atomic mass is 19.1. The second-order valence-corrected chi connectivity index (χ2v) is 5.07. The highest BCUT2D eigenvalue weighted by molar-refractivity contribution is 5.64. The van der Waals surface area contributed by atoms with Crippen molar-refractivity contribution >= 4 is 17.2 Å². The minimum absolute atomic E-state index is 0.254. The van der Waals surface area contributed by atoms with Crippen LogP contribution < -0.4 is 5.32 Å². The van der Waals surface area contributed by atoms with Crippen molar-refractivity contribution in [3.8, 4) is 0 Å². The van der Waals surface area contributed by atoms with Gasteiger partial charge in [0.15, 0.2) is 0 Å². The molecule has 4 heteroatoms. The molecular weight excluding hydrogens is 253 g/mol. The van der Waals surface area contributed by atoms with E-state index in [-0.39, 0.29) is 11.7 Å². The SMILES string of the molecule is CC(C)c1nc2ccc(F)cn2c1Nc1ccccc1. The summed E-state index contributed by atoms with van der Waals surface area (Å²) >= 11 is 0. The maximum absolute atomic E-state index is 13.5. The number of anilines is 2. The van der Waals surface area contributed by atoms with Gasteiger partial charge in [-0.15, -0.1) is 0 Å². The van der Waals surface area contributed by atoms with Gasteiger partial charge >= 0.3 is 0 Å². The highest BCUT2D eigenvalue weighted by Gasteiger charge is 2.15. The van der Waals surface area contributed by atoms with Gasteiger partial charge in [0.1, 0.15) is 17.3 Å². The Morgan fingerprint density at radius 2 is 1.85 bits per heavy atom. The quantitative estimate of drug-likeness (QED) is 0.766. The first-order chi connectivity index (χ1) is 9.65. The first-order valence-electron chi connectivity index (χ1n) is 6.65. The van der Waals surface area contributed by atoms with Crippen LogP contribution in [0.15, 0.2) is 48.7 Å². The molecule has 3 nitrogen and oxygen atoms in total. The Morgan fingerprint density at radius 3 is 2.55 bits per heavy atom. The Bertz CT molecular complexity index is 732. The van der Waals surface area contributed by atoms with Gasteiger partial charge in [-0.1, -0.05) is 32.0 Å². The third-order valence-corrected chi connectivity index (χ3v) is 3.19. The number of aromatic nitrogens is 2. The van der Waals surface area contributed by atoms with Gasteiger partial charge in [-0.05, 0) is 30.2 Å². The second-order valence-electron chi connectivity index (χ2n) is 5.07. The molecular formula is C16H16FN3. The van der Waals surface area contributed by atoms with Crippen LogP contribution in [0.1, 0.15) is 25.5 Å². The molecule has 0 aliphatic carbocycles. The molecule has 0 aliphatic rings. The maximum atomic E-state index is 13.5. The third-order valence-electron chi connectivity index (χ3n) is 3.19. The van der Waals surface area contributed by atoms with Gasteiger partial charge in [0.05, 0.1) is 5.69 Å². The van der Waals surface area contributed by atoms with Crippen molar-refractivity contribution in [2.75, 3.05) is 5.32 Å². The monoisotopic (exact) mass is 269 g/mol. The van der Waals surface area contributed by atoms with Crippen molar-refractivity contribution in [2.45, 2.75) is 19.8 Å². The molecule has 0 bridgehead atoms. The number of fused-ring (bicyclic) bond motifs is 1. The molecule has 0 saturated heterocycles. The molecule has 3 aromatic rings. The number of nitrogens with one attached hydrogen (secondary N) is 1. The lowest BCUT2D eigenvalue weighted by Gasteiger charge is -2.10. The van der Waals surface area contributed by atoms with Crippen LogP contribution in [0.4, 0.5) is 15.9 Å². The molecule has 0 aliphatic heterocycles. The number of para-hydroxylation sites is 1. The van der Waals surface area contributed by atoms with Gasteiger partial charge in [0, 0.05) is 11.9 Å². The molecule has 1 aromatic carbocycles. The summed E-state index contributed by atoms with van der Waals surface area (Å²) in [4.78, 5) is 4.58. The predicted molar refractivity (Wildman–Crippen MR) is 79.0 cm³/mol. The topological polar surface area (TPSA) is 29.3 Å². The lowest BCUT2D eigenvalue weighted by molar-refractivity contribution is 0.619. The number of pyridine rings is 1. The molecule has 0 atom stereocenters. The van der Waals surface area contributed by atoms with E-state index in [4.69, 9.17) is 0 Å². The zero-order chi connectivity index (χ0) is 14.1. The third kappa shape index (κ3) is 2.25. The smallest absolute Gasteiger partial charge is 0.140 e. The van der Waals surface area contributed by atoms with E-state index < -0.39 is 0 Å². The van der Waals surface area contributed by atoms with Crippen LogP contribution in [0, 0.1) is 5.82 Å². The van der Waals surface area contributed by atoms with Crippen molar-refractivity contribution in [2.24, 2.45) is 0 Å². The van der Waals surface area contributed by atoms with Crippen LogP contribution >= 0.6 is 0 Å². The fourth-order valence-electron chi connectivity index (χ4n) is 2.22. The Morgan fingerprint density at radius 1 is 1.10 bits per heavy atom. The van der Waals surface area contributed by atoms with Crippen molar-refractivity contribution in [3.63, 3.8) is 0 Å². The number of imidazole rings is 1. The number of halogens is 1. The van der Waals surface area contributed by atoms with Gasteiger partial charge in [-0.25, -0.2) is 9.37 Å². The van der Waals surface area contributed by atoms with E-state index >= 15 is 0 Å². The molecule has 3 rings (SSSR count). The van der Waals surface area contributed by atoms with Crippen molar-refractivity contribution in [1.82, 2.24) is 9.38 Å². The average Bonchev–Trinajstić information content (AvgIpc) is 2.78. The van der Waals surface area contributed by atoms with E-state index in [9.17, 15) is 4.39 Å². The Kier molecular flexibility index (Phi) is 3.14. The summed E-state index contributed by atoms with van der Waals surface area (Å²) in [5.41, 5.74) is 2.63. The number of hydrogen-bond acceptors (Lipinski definition) is 2. The molecule has 0 radical (unpaired) electrons. The van der Waals surface area contributed by atoms with Crippen molar-refractivity contribution in [3.05, 3.63) is 60.2 Å². The van der Waals surface area contributed by atoms with E-state index in [0.29, 0.717) is 0 Å². The summed E-state index contributed by atoms with van der Waals surface area (Å²) in [6.45, 7) is 4.16. The first-order valence-corrected chi connectivity index (χ1v) is 6.65. The standard InChI is InChI=1S/C16H16FN3/c1-11(2)15-16(18-13-6-4-3-5-7-13)20-10-12(17)8-9-14(20)19-15/h3-11,18H,1-2H3. The lowest BCUT2D eigenvalue weighted by atomic mass is 10.1. The normalized spacial score (nSPS) is 11.2. The number of nitrogens with zero attached hydrogens (tertiary/aromatic N) is 2. The van der Waals surface area contributed by atoms with Crippen molar-refractivity contribution < 1.29 is 4.39 Å². The maximum Gasteiger partial charge on any atom is 0.140 e. The summed E-state index contributed by atoms with van der Waals surface area (Å²) < 4.78 is 15.3. The summed E-state index contributed by atoms with van der Waals surface area (Å²) in [6, 6.07) is 13.0. The molecule has 0 amide bonds. The zero-order valence-corrected chi connectivity index (χ0v) is 11.5. The average molecular weight is 269 g/mol. The molecule has 0 fully saturated rings. The van der Waals surface area contributed by atoms with Crippen LogP contribution in [-0.4, -0.2) is 9.38 Å². The molecule has 1 N–H and O–H groups in total. The van der Waals surface area contributed by atoms with Crippen LogP contribution in [-0.2, 0) is 0 Å². The van der Waals surface area contributed by atoms with E-state index in [2.05, 4.69) is 24.1 Å². The first kappa shape index (κ1) is 12.7. The van der Waals surface area contributed by atoms with Gasteiger partial charge < -0.3 is 5.32 Å². The molecule has 20 heavy (non-hydrogen) atoms. The van der Waals surface area contributed by atoms with E-state index in [0.717, 1.165) is 22.8 Å². The Balaban J connectivity index is 2.15.